The molecule has 0 radical (unpaired) electrons. The lowest BCUT2D eigenvalue weighted by Crippen LogP contribution is -1.95. The minimum atomic E-state index is -2.49. The molecule has 6 heteroatoms. The summed E-state index contributed by atoms with van der Waals surface area (Å²) in [6, 6.07) is 12.5. The van der Waals surface area contributed by atoms with E-state index in [0.717, 1.165) is 5.56 Å². The minimum absolute atomic E-state index is 0.0293. The highest BCUT2D eigenvalue weighted by atomic mass is 32.1. The van der Waals surface area contributed by atoms with Crippen molar-refractivity contribution in [1.82, 2.24) is 4.98 Å². The van der Waals surface area contributed by atoms with Crippen molar-refractivity contribution in [2.75, 3.05) is 0 Å². The maximum Gasteiger partial charge on any atom is 0.335 e. The van der Waals surface area contributed by atoms with Gasteiger partial charge in [-0.15, -0.1) is 11.3 Å². The van der Waals surface area contributed by atoms with Gasteiger partial charge in [0.25, 0.3) is 6.43 Å². The molecule has 3 nitrogen and oxygen atoms in total. The molecule has 0 unspecified atom stereocenters. The number of alkyl halides is 2. The van der Waals surface area contributed by atoms with E-state index in [4.69, 9.17) is 5.11 Å². The number of aromatic nitrogens is 1. The number of hydrogen-bond acceptors (Lipinski definition) is 3. The standard InChI is InChI=1S/C17H11F2NO2S/c18-15(19)11-6-4-10(5-7-11)14-9-23-16(20-14)12-2-1-3-13(8-12)17(21)22/h1-9,15H,(H,21,22). The summed E-state index contributed by atoms with van der Waals surface area (Å²) in [5, 5.41) is 11.5. The van der Waals surface area contributed by atoms with E-state index in [1.54, 1.807) is 30.3 Å². The van der Waals surface area contributed by atoms with Gasteiger partial charge in [-0.25, -0.2) is 18.6 Å². The molecule has 2 aromatic carbocycles. The summed E-state index contributed by atoms with van der Waals surface area (Å²) in [6.07, 6.45) is -2.49. The Morgan fingerprint density at radius 2 is 1.83 bits per heavy atom. The molecule has 1 N–H and O–H groups in total. The Labute approximate surface area is 134 Å². The molecule has 0 amide bonds. The van der Waals surface area contributed by atoms with Gasteiger partial charge in [0, 0.05) is 22.1 Å². The summed E-state index contributed by atoms with van der Waals surface area (Å²) in [7, 11) is 0. The first-order valence-electron chi connectivity index (χ1n) is 6.72. The van der Waals surface area contributed by atoms with Gasteiger partial charge in [-0.05, 0) is 12.1 Å². The maximum atomic E-state index is 12.6. The van der Waals surface area contributed by atoms with Crippen molar-refractivity contribution in [2.24, 2.45) is 0 Å². The number of carboxylic acid groups (broad SMARTS) is 1. The molecular formula is C17H11F2NO2S. The molecule has 0 saturated heterocycles. The lowest BCUT2D eigenvalue weighted by Gasteiger charge is -2.01. The van der Waals surface area contributed by atoms with Crippen LogP contribution in [-0.4, -0.2) is 16.1 Å². The van der Waals surface area contributed by atoms with E-state index >= 15 is 0 Å². The Balaban J connectivity index is 1.91. The monoisotopic (exact) mass is 331 g/mol. The maximum absolute atomic E-state index is 12.6. The quantitative estimate of drug-likeness (QED) is 0.722. The van der Waals surface area contributed by atoms with Crippen molar-refractivity contribution in [1.29, 1.82) is 0 Å². The number of benzene rings is 2. The number of aromatic carboxylic acids is 1. The number of halogens is 2. The molecule has 0 aliphatic rings. The molecule has 0 saturated carbocycles. The highest BCUT2D eigenvalue weighted by Crippen LogP contribution is 2.30. The number of carbonyl (C=O) groups is 1. The summed E-state index contributed by atoms with van der Waals surface area (Å²) >= 11 is 1.38. The third-order valence-electron chi connectivity index (χ3n) is 3.32. The zero-order chi connectivity index (χ0) is 16.4. The minimum Gasteiger partial charge on any atom is -0.478 e. The van der Waals surface area contributed by atoms with Gasteiger partial charge in [-0.1, -0.05) is 36.4 Å². The van der Waals surface area contributed by atoms with Gasteiger partial charge >= 0.3 is 5.97 Å². The predicted molar refractivity (Wildman–Crippen MR) is 84.9 cm³/mol. The van der Waals surface area contributed by atoms with Crippen molar-refractivity contribution in [3.05, 3.63) is 65.0 Å². The first kappa shape index (κ1) is 15.3. The summed E-state index contributed by atoms with van der Waals surface area (Å²) in [4.78, 5) is 15.5. The zero-order valence-electron chi connectivity index (χ0n) is 11.7. The fourth-order valence-electron chi connectivity index (χ4n) is 2.12. The SMILES string of the molecule is O=C(O)c1cccc(-c2nc(-c3ccc(C(F)F)cc3)cs2)c1. The fraction of sp³-hybridized carbons (Fsp3) is 0.0588. The van der Waals surface area contributed by atoms with Gasteiger partial charge in [0.05, 0.1) is 11.3 Å². The molecule has 0 fully saturated rings. The van der Waals surface area contributed by atoms with Crippen LogP contribution in [0.4, 0.5) is 8.78 Å². The van der Waals surface area contributed by atoms with Crippen molar-refractivity contribution in [3.8, 4) is 21.8 Å². The van der Waals surface area contributed by atoms with E-state index in [2.05, 4.69) is 4.98 Å². The summed E-state index contributed by atoms with van der Waals surface area (Å²) in [6.45, 7) is 0. The van der Waals surface area contributed by atoms with Gasteiger partial charge in [-0.2, -0.15) is 0 Å². The summed E-state index contributed by atoms with van der Waals surface area (Å²) in [5.74, 6) is -0.994. The summed E-state index contributed by atoms with van der Waals surface area (Å²) in [5.41, 5.74) is 2.29. The largest absolute Gasteiger partial charge is 0.478 e. The highest BCUT2D eigenvalue weighted by molar-refractivity contribution is 7.13. The molecule has 0 spiro atoms. The Morgan fingerprint density at radius 3 is 2.48 bits per heavy atom. The van der Waals surface area contributed by atoms with Crippen molar-refractivity contribution in [3.63, 3.8) is 0 Å². The number of thiazole rings is 1. The van der Waals surface area contributed by atoms with E-state index in [1.807, 2.05) is 5.38 Å². The van der Waals surface area contributed by atoms with E-state index in [9.17, 15) is 13.6 Å². The second-order valence-corrected chi connectivity index (χ2v) is 5.70. The van der Waals surface area contributed by atoms with Crippen molar-refractivity contribution >= 4 is 17.3 Å². The molecular weight excluding hydrogens is 320 g/mol. The molecule has 116 valence electrons. The lowest BCUT2D eigenvalue weighted by atomic mass is 10.1. The molecule has 3 aromatic rings. The fourth-order valence-corrected chi connectivity index (χ4v) is 2.95. The Kier molecular flexibility index (Phi) is 4.16. The van der Waals surface area contributed by atoms with E-state index in [1.165, 1.54) is 29.5 Å². The number of rotatable bonds is 4. The average Bonchev–Trinajstić information content (AvgIpc) is 3.05. The van der Waals surface area contributed by atoms with Crippen LogP contribution in [0.3, 0.4) is 0 Å². The number of carboxylic acids is 1. The van der Waals surface area contributed by atoms with Crippen LogP contribution in [0.25, 0.3) is 21.8 Å². The first-order valence-corrected chi connectivity index (χ1v) is 7.60. The van der Waals surface area contributed by atoms with Crippen molar-refractivity contribution in [2.45, 2.75) is 6.43 Å². The third kappa shape index (κ3) is 3.27. The molecule has 23 heavy (non-hydrogen) atoms. The number of hydrogen-bond donors (Lipinski definition) is 1. The van der Waals surface area contributed by atoms with E-state index in [0.29, 0.717) is 16.3 Å². The van der Waals surface area contributed by atoms with Gasteiger partial charge in [0.2, 0.25) is 0 Å². The van der Waals surface area contributed by atoms with E-state index < -0.39 is 12.4 Å². The van der Waals surface area contributed by atoms with Gasteiger partial charge in [-0.3, -0.25) is 0 Å². The number of nitrogens with zero attached hydrogens (tertiary/aromatic N) is 1. The van der Waals surface area contributed by atoms with Crippen molar-refractivity contribution < 1.29 is 18.7 Å². The smallest absolute Gasteiger partial charge is 0.335 e. The van der Waals surface area contributed by atoms with Crippen LogP contribution in [0.15, 0.2) is 53.9 Å². The average molecular weight is 331 g/mol. The second kappa shape index (κ2) is 6.26. The predicted octanol–water partition coefficient (Wildman–Crippen LogP) is 5.11. The molecule has 0 aliphatic heterocycles. The molecule has 1 aromatic heterocycles. The van der Waals surface area contributed by atoms with Crippen LogP contribution in [0.2, 0.25) is 0 Å². The topological polar surface area (TPSA) is 50.2 Å². The van der Waals surface area contributed by atoms with Gasteiger partial charge in [0.15, 0.2) is 0 Å². The van der Waals surface area contributed by atoms with Crippen LogP contribution in [0, 0.1) is 0 Å². The lowest BCUT2D eigenvalue weighted by molar-refractivity contribution is 0.0697. The normalized spacial score (nSPS) is 10.9. The molecule has 0 atom stereocenters. The molecule has 0 bridgehead atoms. The Hall–Kier alpha value is -2.60. The second-order valence-electron chi connectivity index (χ2n) is 4.85. The van der Waals surface area contributed by atoms with Crippen LogP contribution in [-0.2, 0) is 0 Å². The highest BCUT2D eigenvalue weighted by Gasteiger charge is 2.11. The van der Waals surface area contributed by atoms with Gasteiger partial charge < -0.3 is 5.11 Å². The van der Waals surface area contributed by atoms with Crippen LogP contribution in [0.1, 0.15) is 22.3 Å². The Morgan fingerprint density at radius 1 is 1.09 bits per heavy atom. The van der Waals surface area contributed by atoms with Gasteiger partial charge in [0.1, 0.15) is 5.01 Å². The molecule has 1 heterocycles. The first-order chi connectivity index (χ1) is 11.0. The zero-order valence-corrected chi connectivity index (χ0v) is 12.6. The third-order valence-corrected chi connectivity index (χ3v) is 4.21. The van der Waals surface area contributed by atoms with E-state index in [-0.39, 0.29) is 11.1 Å². The van der Waals surface area contributed by atoms with Crippen LogP contribution >= 0.6 is 11.3 Å². The molecule has 3 rings (SSSR count). The molecule has 0 aliphatic carbocycles. The Bertz CT molecular complexity index is 844. The van der Waals surface area contributed by atoms with Crippen LogP contribution in [0.5, 0.6) is 0 Å². The summed E-state index contributed by atoms with van der Waals surface area (Å²) < 4.78 is 25.1. The van der Waals surface area contributed by atoms with Crippen LogP contribution < -0.4 is 0 Å².